The van der Waals surface area contributed by atoms with Gasteiger partial charge in [-0.1, -0.05) is 11.6 Å². The first kappa shape index (κ1) is 18.0. The molecular formula is C16H18ClN3O4. The number of carbonyl (C=O) groups is 1. The molecule has 0 fully saturated rings. The second-order valence-corrected chi connectivity index (χ2v) is 5.81. The third-order valence-electron chi connectivity index (χ3n) is 3.40. The molecule has 0 atom stereocenters. The number of nitrogens with one attached hydrogen (secondary N) is 1. The van der Waals surface area contributed by atoms with Crippen molar-refractivity contribution in [2.45, 2.75) is 13.0 Å². The minimum absolute atomic E-state index is 0.0558. The molecule has 128 valence electrons. The number of non-ortho nitro benzene ring substituents is 1. The Morgan fingerprint density at radius 2 is 2.08 bits per heavy atom. The SMILES string of the molecule is CN(C)C(=O)CCNCc1ccc(-c2ccc([N+](=O)[O-])cc2Cl)o1. The Morgan fingerprint density at radius 3 is 2.71 bits per heavy atom. The molecule has 0 saturated carbocycles. The molecule has 1 aromatic carbocycles. The van der Waals surface area contributed by atoms with Crippen LogP contribution in [0.3, 0.4) is 0 Å². The second kappa shape index (κ2) is 7.94. The second-order valence-electron chi connectivity index (χ2n) is 5.40. The monoisotopic (exact) mass is 351 g/mol. The third kappa shape index (κ3) is 4.56. The Morgan fingerprint density at radius 1 is 1.33 bits per heavy atom. The van der Waals surface area contributed by atoms with Crippen LogP contribution >= 0.6 is 11.6 Å². The maximum Gasteiger partial charge on any atom is 0.270 e. The Labute approximate surface area is 144 Å². The van der Waals surface area contributed by atoms with Crippen LogP contribution in [-0.4, -0.2) is 36.4 Å². The fourth-order valence-corrected chi connectivity index (χ4v) is 2.33. The summed E-state index contributed by atoms with van der Waals surface area (Å²) < 4.78 is 5.69. The van der Waals surface area contributed by atoms with E-state index in [4.69, 9.17) is 16.0 Å². The van der Waals surface area contributed by atoms with Gasteiger partial charge in [-0.3, -0.25) is 14.9 Å². The average Bonchev–Trinajstić information content (AvgIpc) is 2.99. The summed E-state index contributed by atoms with van der Waals surface area (Å²) in [6.07, 6.45) is 0.411. The lowest BCUT2D eigenvalue weighted by molar-refractivity contribution is -0.384. The van der Waals surface area contributed by atoms with Gasteiger partial charge in [0.2, 0.25) is 5.91 Å². The zero-order chi connectivity index (χ0) is 17.7. The zero-order valence-electron chi connectivity index (χ0n) is 13.4. The summed E-state index contributed by atoms with van der Waals surface area (Å²) in [6.45, 7) is 1.02. The van der Waals surface area contributed by atoms with Crippen LogP contribution in [0.2, 0.25) is 5.02 Å². The molecule has 1 aromatic heterocycles. The molecule has 0 aliphatic rings. The predicted octanol–water partition coefficient (Wildman–Crippen LogP) is 3.08. The molecular weight excluding hydrogens is 334 g/mol. The van der Waals surface area contributed by atoms with E-state index in [1.807, 2.05) is 0 Å². The smallest absolute Gasteiger partial charge is 0.270 e. The number of nitrogens with zero attached hydrogens (tertiary/aromatic N) is 2. The number of amides is 1. The average molecular weight is 352 g/mol. The molecule has 8 heteroatoms. The van der Waals surface area contributed by atoms with Crippen LogP contribution in [0.15, 0.2) is 34.7 Å². The zero-order valence-corrected chi connectivity index (χ0v) is 14.2. The van der Waals surface area contributed by atoms with Gasteiger partial charge in [-0.05, 0) is 18.2 Å². The van der Waals surface area contributed by atoms with Gasteiger partial charge in [-0.2, -0.15) is 0 Å². The quantitative estimate of drug-likeness (QED) is 0.470. The van der Waals surface area contributed by atoms with Crippen LogP contribution < -0.4 is 5.32 Å². The highest BCUT2D eigenvalue weighted by atomic mass is 35.5. The maximum atomic E-state index is 11.5. The van der Waals surface area contributed by atoms with Crippen molar-refractivity contribution in [2.24, 2.45) is 0 Å². The molecule has 1 amide bonds. The molecule has 0 radical (unpaired) electrons. The first-order chi connectivity index (χ1) is 11.4. The summed E-state index contributed by atoms with van der Waals surface area (Å²) in [5.41, 5.74) is 0.527. The number of hydrogen-bond donors (Lipinski definition) is 1. The standard InChI is InChI=1S/C16H18ClN3O4/c1-19(2)16(21)7-8-18-10-12-4-6-15(24-12)13-5-3-11(20(22)23)9-14(13)17/h3-6,9,18H,7-8,10H2,1-2H3. The van der Waals surface area contributed by atoms with E-state index in [-0.39, 0.29) is 16.6 Å². The van der Waals surface area contributed by atoms with Gasteiger partial charge in [-0.15, -0.1) is 0 Å². The largest absolute Gasteiger partial charge is 0.460 e. The number of benzene rings is 1. The van der Waals surface area contributed by atoms with Crippen molar-refractivity contribution >= 4 is 23.2 Å². The van der Waals surface area contributed by atoms with Crippen molar-refractivity contribution in [3.8, 4) is 11.3 Å². The van der Waals surface area contributed by atoms with E-state index in [0.29, 0.717) is 36.6 Å². The van der Waals surface area contributed by atoms with E-state index < -0.39 is 4.92 Å². The third-order valence-corrected chi connectivity index (χ3v) is 3.72. The lowest BCUT2D eigenvalue weighted by Crippen LogP contribution is -2.26. The summed E-state index contributed by atoms with van der Waals surface area (Å²) in [5.74, 6) is 1.29. The van der Waals surface area contributed by atoms with Gasteiger partial charge in [-0.25, -0.2) is 0 Å². The Bertz CT molecular complexity index is 743. The fourth-order valence-electron chi connectivity index (χ4n) is 2.07. The minimum Gasteiger partial charge on any atom is -0.460 e. The highest BCUT2D eigenvalue weighted by molar-refractivity contribution is 6.33. The molecule has 0 aliphatic heterocycles. The van der Waals surface area contributed by atoms with Crippen molar-refractivity contribution in [3.05, 3.63) is 51.2 Å². The van der Waals surface area contributed by atoms with Crippen LogP contribution in [0.4, 0.5) is 5.69 Å². The topological polar surface area (TPSA) is 88.6 Å². The highest BCUT2D eigenvalue weighted by Crippen LogP contribution is 2.32. The summed E-state index contributed by atoms with van der Waals surface area (Å²) in [7, 11) is 3.43. The number of rotatable bonds is 7. The fraction of sp³-hybridized carbons (Fsp3) is 0.312. The number of halogens is 1. The van der Waals surface area contributed by atoms with Crippen LogP contribution in [0.1, 0.15) is 12.2 Å². The van der Waals surface area contributed by atoms with Crippen molar-refractivity contribution in [1.82, 2.24) is 10.2 Å². The normalized spacial score (nSPS) is 10.6. The maximum absolute atomic E-state index is 11.5. The summed E-state index contributed by atoms with van der Waals surface area (Å²) in [5, 5.41) is 14.1. The molecule has 2 aromatic rings. The molecule has 2 rings (SSSR count). The van der Waals surface area contributed by atoms with Gasteiger partial charge < -0.3 is 14.6 Å². The van der Waals surface area contributed by atoms with Crippen molar-refractivity contribution in [2.75, 3.05) is 20.6 Å². The summed E-state index contributed by atoms with van der Waals surface area (Å²) >= 11 is 6.09. The van der Waals surface area contributed by atoms with E-state index in [2.05, 4.69) is 5.32 Å². The van der Waals surface area contributed by atoms with E-state index in [0.717, 1.165) is 0 Å². The van der Waals surface area contributed by atoms with Crippen molar-refractivity contribution in [3.63, 3.8) is 0 Å². The highest BCUT2D eigenvalue weighted by Gasteiger charge is 2.13. The number of carbonyl (C=O) groups excluding carboxylic acids is 1. The number of hydrogen-bond acceptors (Lipinski definition) is 5. The first-order valence-electron chi connectivity index (χ1n) is 7.32. The molecule has 0 bridgehead atoms. The molecule has 24 heavy (non-hydrogen) atoms. The van der Waals surface area contributed by atoms with Crippen molar-refractivity contribution in [1.29, 1.82) is 0 Å². The molecule has 1 N–H and O–H groups in total. The van der Waals surface area contributed by atoms with Crippen LogP contribution in [0.5, 0.6) is 0 Å². The van der Waals surface area contributed by atoms with E-state index in [1.165, 1.54) is 12.1 Å². The molecule has 0 unspecified atom stereocenters. The Hall–Kier alpha value is -2.38. The minimum atomic E-state index is -0.498. The van der Waals surface area contributed by atoms with Crippen LogP contribution in [0, 0.1) is 10.1 Å². The van der Waals surface area contributed by atoms with Gasteiger partial charge >= 0.3 is 0 Å². The van der Waals surface area contributed by atoms with Crippen LogP contribution in [0.25, 0.3) is 11.3 Å². The van der Waals surface area contributed by atoms with Gasteiger partial charge in [0.15, 0.2) is 0 Å². The van der Waals surface area contributed by atoms with E-state index in [9.17, 15) is 14.9 Å². The van der Waals surface area contributed by atoms with Gasteiger partial charge in [0, 0.05) is 44.8 Å². The van der Waals surface area contributed by atoms with Crippen molar-refractivity contribution < 1.29 is 14.1 Å². The molecule has 1 heterocycles. The lowest BCUT2D eigenvalue weighted by Gasteiger charge is -2.09. The molecule has 0 aliphatic carbocycles. The summed E-state index contributed by atoms with van der Waals surface area (Å²) in [4.78, 5) is 23.2. The Kier molecular flexibility index (Phi) is 5.94. The predicted molar refractivity (Wildman–Crippen MR) is 90.8 cm³/mol. The van der Waals surface area contributed by atoms with Gasteiger partial charge in [0.1, 0.15) is 11.5 Å². The molecule has 7 nitrogen and oxygen atoms in total. The Balaban J connectivity index is 1.96. The lowest BCUT2D eigenvalue weighted by atomic mass is 10.1. The molecule has 0 spiro atoms. The number of nitro groups is 1. The number of nitro benzene ring substituents is 1. The first-order valence-corrected chi connectivity index (χ1v) is 7.70. The van der Waals surface area contributed by atoms with E-state index in [1.54, 1.807) is 37.2 Å². The number of furan rings is 1. The van der Waals surface area contributed by atoms with Gasteiger partial charge in [0.25, 0.3) is 5.69 Å². The molecule has 0 saturated heterocycles. The van der Waals surface area contributed by atoms with E-state index >= 15 is 0 Å². The van der Waals surface area contributed by atoms with Crippen LogP contribution in [-0.2, 0) is 11.3 Å². The summed E-state index contributed by atoms with van der Waals surface area (Å²) in [6, 6.07) is 7.80. The van der Waals surface area contributed by atoms with Gasteiger partial charge in [0.05, 0.1) is 16.5 Å².